The van der Waals surface area contributed by atoms with Gasteiger partial charge in [-0.15, -0.1) is 6.07 Å². The number of hydrogen-bond donors (Lipinski definition) is 1. The van der Waals surface area contributed by atoms with Gasteiger partial charge in [-0.2, -0.15) is 0 Å². The largest absolute Gasteiger partial charge is 2.00 e. The van der Waals surface area contributed by atoms with E-state index in [-0.39, 0.29) is 34.4 Å². The summed E-state index contributed by atoms with van der Waals surface area (Å²) in [5.41, 5.74) is 5.10. The van der Waals surface area contributed by atoms with E-state index in [9.17, 15) is 0 Å². The van der Waals surface area contributed by atoms with Crippen molar-refractivity contribution in [1.29, 1.82) is 0 Å². The number of nitrogens with zero attached hydrogens (tertiary/aromatic N) is 2. The average molecular weight is 293 g/mol. The van der Waals surface area contributed by atoms with Crippen LogP contribution in [0.15, 0.2) is 12.3 Å². The summed E-state index contributed by atoms with van der Waals surface area (Å²) >= 11 is 0. The molecule has 0 aliphatic rings. The normalized spacial score (nSPS) is 6.67. The fourth-order valence-corrected chi connectivity index (χ4v) is 0.279. The van der Waals surface area contributed by atoms with Crippen LogP contribution >= 0.6 is 0 Å². The molecule has 1 rings (SSSR count). The minimum absolute atomic E-state index is 0. The Kier molecular flexibility index (Phi) is 7.21. The Labute approximate surface area is 69.0 Å². The van der Waals surface area contributed by atoms with Crippen LogP contribution < -0.4 is 5.73 Å². The Morgan fingerprint density at radius 3 is 2.44 bits per heavy atom. The van der Waals surface area contributed by atoms with Crippen molar-refractivity contribution in [2.75, 3.05) is 5.73 Å². The smallest absolute Gasteiger partial charge is 0.420 e. The molecule has 0 aromatic carbocycles. The molecular formula is C5H7N3W. The molecule has 0 fully saturated rings. The summed E-state index contributed by atoms with van der Waals surface area (Å²) < 4.78 is 0. The molecule has 0 saturated carbocycles. The van der Waals surface area contributed by atoms with E-state index < -0.39 is 0 Å². The Morgan fingerprint density at radius 2 is 2.22 bits per heavy atom. The first-order valence-corrected chi connectivity index (χ1v) is 1.84. The minimum Gasteiger partial charge on any atom is -0.420 e. The standard InChI is InChI=1S/C4H4N3.CH3.W/c5-4-6-2-1-3-7-4;;/h1-2H,(H2,5,6,7);1H3;/q2*-1;+2. The predicted octanol–water partition coefficient (Wildman–Crippen LogP) is 0.307. The molecule has 0 radical (unpaired) electrons. The first-order chi connectivity index (χ1) is 3.39. The van der Waals surface area contributed by atoms with E-state index in [1.165, 1.54) is 0 Å². The van der Waals surface area contributed by atoms with Crippen LogP contribution in [0.4, 0.5) is 5.95 Å². The molecule has 0 amide bonds. The maximum atomic E-state index is 5.10. The molecule has 2 N–H and O–H groups in total. The fourth-order valence-electron chi connectivity index (χ4n) is 0.279. The van der Waals surface area contributed by atoms with Crippen LogP contribution in [0.25, 0.3) is 0 Å². The molecule has 9 heavy (non-hydrogen) atoms. The Hall–Kier alpha value is -0.432. The number of nitrogens with two attached hydrogens (primary N) is 1. The summed E-state index contributed by atoms with van der Waals surface area (Å²) in [7, 11) is 0. The van der Waals surface area contributed by atoms with Gasteiger partial charge in [-0.3, -0.25) is 0 Å². The van der Waals surface area contributed by atoms with Gasteiger partial charge in [0, 0.05) is 0 Å². The minimum atomic E-state index is 0. The summed E-state index contributed by atoms with van der Waals surface area (Å²) in [5, 5.41) is 0. The van der Waals surface area contributed by atoms with E-state index in [0.717, 1.165) is 0 Å². The molecule has 1 aromatic rings. The van der Waals surface area contributed by atoms with Gasteiger partial charge in [0.15, 0.2) is 0 Å². The number of rotatable bonds is 0. The quantitative estimate of drug-likeness (QED) is 0.700. The van der Waals surface area contributed by atoms with E-state index in [0.29, 0.717) is 0 Å². The monoisotopic (exact) mass is 293 g/mol. The van der Waals surface area contributed by atoms with Crippen LogP contribution in [-0.2, 0) is 21.1 Å². The van der Waals surface area contributed by atoms with Gasteiger partial charge in [-0.1, -0.05) is 12.4 Å². The molecule has 0 unspecified atom stereocenters. The SMILES string of the molecule is Nc1n[c-]ccn1.[CH3-].[W+2]. The average Bonchev–Trinajstić information content (AvgIpc) is 1.69. The van der Waals surface area contributed by atoms with Crippen LogP contribution in [0.2, 0.25) is 0 Å². The van der Waals surface area contributed by atoms with Gasteiger partial charge in [0.1, 0.15) is 5.95 Å². The van der Waals surface area contributed by atoms with Crippen molar-refractivity contribution in [3.8, 4) is 0 Å². The first kappa shape index (κ1) is 11.4. The van der Waals surface area contributed by atoms with Crippen molar-refractivity contribution in [2.45, 2.75) is 0 Å². The third-order valence-corrected chi connectivity index (χ3v) is 0.535. The summed E-state index contributed by atoms with van der Waals surface area (Å²) in [6.07, 6.45) is 4.07. The molecule has 0 aliphatic heterocycles. The summed E-state index contributed by atoms with van der Waals surface area (Å²) in [6, 6.07) is 1.59. The maximum Gasteiger partial charge on any atom is 2.00 e. The Morgan fingerprint density at radius 1 is 1.56 bits per heavy atom. The van der Waals surface area contributed by atoms with Crippen LogP contribution in [0.3, 0.4) is 0 Å². The van der Waals surface area contributed by atoms with Crippen LogP contribution in [0.1, 0.15) is 0 Å². The molecule has 0 aliphatic carbocycles. The number of nitrogen functional groups attached to an aromatic ring is 1. The van der Waals surface area contributed by atoms with Crippen LogP contribution in [-0.4, -0.2) is 9.97 Å². The summed E-state index contributed by atoms with van der Waals surface area (Å²) in [5.74, 6) is 0.266. The second kappa shape index (κ2) is 5.70. The Bertz CT molecular complexity index is 142. The first-order valence-electron chi connectivity index (χ1n) is 1.84. The molecule has 0 spiro atoms. The van der Waals surface area contributed by atoms with Crippen molar-refractivity contribution in [1.82, 2.24) is 9.97 Å². The van der Waals surface area contributed by atoms with Crippen molar-refractivity contribution in [2.24, 2.45) is 0 Å². The number of aromatic nitrogens is 2. The van der Waals surface area contributed by atoms with Gasteiger partial charge in [0.25, 0.3) is 0 Å². The van der Waals surface area contributed by atoms with E-state index in [2.05, 4.69) is 16.2 Å². The topological polar surface area (TPSA) is 51.8 Å². The zero-order valence-corrected chi connectivity index (χ0v) is 7.97. The molecule has 48 valence electrons. The van der Waals surface area contributed by atoms with Crippen LogP contribution in [0.5, 0.6) is 0 Å². The van der Waals surface area contributed by atoms with E-state index in [1.54, 1.807) is 12.3 Å². The van der Waals surface area contributed by atoms with E-state index in [1.807, 2.05) is 0 Å². The molecule has 1 heterocycles. The maximum absolute atomic E-state index is 5.10. The number of hydrogen-bond acceptors (Lipinski definition) is 3. The van der Waals surface area contributed by atoms with Gasteiger partial charge in [-0.05, 0) is 0 Å². The zero-order valence-electron chi connectivity index (χ0n) is 5.03. The molecular weight excluding hydrogens is 286 g/mol. The third kappa shape index (κ3) is 4.10. The summed E-state index contributed by atoms with van der Waals surface area (Å²) in [4.78, 5) is 7.14. The molecule has 1 aromatic heterocycles. The molecule has 0 bridgehead atoms. The van der Waals surface area contributed by atoms with Gasteiger partial charge in [-0.25, -0.2) is 0 Å². The molecule has 3 nitrogen and oxygen atoms in total. The van der Waals surface area contributed by atoms with Crippen molar-refractivity contribution in [3.63, 3.8) is 0 Å². The van der Waals surface area contributed by atoms with Crippen molar-refractivity contribution in [3.05, 3.63) is 25.9 Å². The summed E-state index contributed by atoms with van der Waals surface area (Å²) in [6.45, 7) is 0. The van der Waals surface area contributed by atoms with Crippen molar-refractivity contribution >= 4 is 5.95 Å². The zero-order chi connectivity index (χ0) is 5.11. The van der Waals surface area contributed by atoms with Gasteiger partial charge < -0.3 is 23.1 Å². The molecule has 0 atom stereocenters. The molecule has 0 saturated heterocycles. The van der Waals surface area contributed by atoms with E-state index in [4.69, 9.17) is 5.73 Å². The predicted molar refractivity (Wildman–Crippen MR) is 31.7 cm³/mol. The van der Waals surface area contributed by atoms with E-state index >= 15 is 0 Å². The van der Waals surface area contributed by atoms with Crippen molar-refractivity contribution < 1.29 is 21.1 Å². The number of anilines is 1. The van der Waals surface area contributed by atoms with Gasteiger partial charge >= 0.3 is 21.1 Å². The second-order valence-corrected chi connectivity index (χ2v) is 1.04. The van der Waals surface area contributed by atoms with Crippen LogP contribution in [0, 0.1) is 13.6 Å². The Balaban J connectivity index is 0. The fraction of sp³-hybridized carbons (Fsp3) is 0. The molecule has 4 heteroatoms. The van der Waals surface area contributed by atoms with Gasteiger partial charge in [0.05, 0.1) is 0 Å². The second-order valence-electron chi connectivity index (χ2n) is 1.04. The third-order valence-electron chi connectivity index (χ3n) is 0.535. The van der Waals surface area contributed by atoms with Gasteiger partial charge in [0.2, 0.25) is 0 Å².